The number of carboxylic acid groups (broad SMARTS) is 1. The summed E-state index contributed by atoms with van der Waals surface area (Å²) in [5.74, 6) is -2.13. The second kappa shape index (κ2) is 7.86. The van der Waals surface area contributed by atoms with E-state index >= 15 is 0 Å². The van der Waals surface area contributed by atoms with Gasteiger partial charge in [-0.25, -0.2) is 9.97 Å². The van der Waals surface area contributed by atoms with Crippen LogP contribution < -0.4 is 5.32 Å². The van der Waals surface area contributed by atoms with Gasteiger partial charge in [0.25, 0.3) is 5.91 Å². The van der Waals surface area contributed by atoms with E-state index in [0.717, 1.165) is 18.4 Å². The molecule has 1 amide bonds. The van der Waals surface area contributed by atoms with E-state index in [1.165, 1.54) is 0 Å². The number of benzene rings is 1. The number of fused-ring (bicyclic) bond motifs is 1. The van der Waals surface area contributed by atoms with Crippen molar-refractivity contribution in [2.24, 2.45) is 0 Å². The molecule has 8 nitrogen and oxygen atoms in total. The first-order valence-electron chi connectivity index (χ1n) is 8.59. The first kappa shape index (κ1) is 18.4. The number of rotatable bonds is 7. The normalized spacial score (nSPS) is 10.9. The molecule has 0 atom stereocenters. The van der Waals surface area contributed by atoms with Crippen molar-refractivity contribution in [2.75, 3.05) is 6.54 Å². The number of unbranched alkanes of at least 4 members (excludes halogenated alkanes) is 1. The lowest BCUT2D eigenvalue weighted by Gasteiger charge is -2.07. The summed E-state index contributed by atoms with van der Waals surface area (Å²) in [6, 6.07) is 9.18. The number of oxazole rings is 1. The van der Waals surface area contributed by atoms with Crippen LogP contribution in [0.15, 0.2) is 34.7 Å². The molecule has 2 heterocycles. The molecule has 0 bridgehead atoms. The maximum atomic E-state index is 12.3. The highest BCUT2D eigenvalue weighted by Gasteiger charge is 2.24. The smallest absolute Gasteiger partial charge is 0.322 e. The molecule has 0 saturated heterocycles. The summed E-state index contributed by atoms with van der Waals surface area (Å²) in [6.07, 6.45) is 2.28. The van der Waals surface area contributed by atoms with E-state index in [-0.39, 0.29) is 11.3 Å². The first-order chi connectivity index (χ1) is 13.0. The van der Waals surface area contributed by atoms with Gasteiger partial charge in [-0.2, -0.15) is 0 Å². The predicted molar refractivity (Wildman–Crippen MR) is 97.5 cm³/mol. The number of nitrogens with one attached hydrogen (secondary N) is 1. The summed E-state index contributed by atoms with van der Waals surface area (Å²) in [7, 11) is 0. The summed E-state index contributed by atoms with van der Waals surface area (Å²) < 4.78 is 5.72. The molecule has 0 radical (unpaired) electrons. The maximum absolute atomic E-state index is 12.3. The minimum atomic E-state index is -1.19. The molecule has 0 aliphatic carbocycles. The van der Waals surface area contributed by atoms with Crippen LogP contribution in [0.5, 0.6) is 5.75 Å². The summed E-state index contributed by atoms with van der Waals surface area (Å²) >= 11 is 0. The number of carbonyl (C=O) groups excluding carboxylic acids is 1. The van der Waals surface area contributed by atoms with E-state index in [4.69, 9.17) is 9.52 Å². The maximum Gasteiger partial charge on any atom is 0.322 e. The van der Waals surface area contributed by atoms with Gasteiger partial charge >= 0.3 is 5.97 Å². The Bertz CT molecular complexity index is 982. The molecule has 8 heteroatoms. The third-order valence-electron chi connectivity index (χ3n) is 3.99. The van der Waals surface area contributed by atoms with Crippen molar-refractivity contribution in [2.45, 2.75) is 26.2 Å². The Balaban J connectivity index is 2.10. The minimum absolute atomic E-state index is 0.0652. The van der Waals surface area contributed by atoms with Crippen molar-refractivity contribution in [3.63, 3.8) is 0 Å². The lowest BCUT2D eigenvalue weighted by Crippen LogP contribution is -2.30. The van der Waals surface area contributed by atoms with Crippen LogP contribution in [0, 0.1) is 0 Å². The van der Waals surface area contributed by atoms with Gasteiger partial charge in [-0.3, -0.25) is 9.59 Å². The average molecular weight is 369 g/mol. The van der Waals surface area contributed by atoms with Crippen LogP contribution >= 0.6 is 0 Å². The summed E-state index contributed by atoms with van der Waals surface area (Å²) in [5, 5.41) is 21.4. The van der Waals surface area contributed by atoms with Gasteiger partial charge in [0.2, 0.25) is 11.5 Å². The second-order valence-corrected chi connectivity index (χ2v) is 6.00. The van der Waals surface area contributed by atoms with Gasteiger partial charge in [-0.1, -0.05) is 31.5 Å². The van der Waals surface area contributed by atoms with Gasteiger partial charge in [-0.15, -0.1) is 0 Å². The highest BCUT2D eigenvalue weighted by molar-refractivity contribution is 6.01. The van der Waals surface area contributed by atoms with Crippen LogP contribution in [0.25, 0.3) is 22.6 Å². The molecule has 140 valence electrons. The monoisotopic (exact) mass is 369 g/mol. The Morgan fingerprint density at radius 2 is 1.93 bits per heavy atom. The summed E-state index contributed by atoms with van der Waals surface area (Å²) in [6.45, 7) is 1.45. The number of aromatic nitrogens is 2. The van der Waals surface area contributed by atoms with Gasteiger partial charge in [0.05, 0.1) is 5.69 Å². The third-order valence-corrected chi connectivity index (χ3v) is 3.99. The average Bonchev–Trinajstić information content (AvgIpc) is 3.12. The lowest BCUT2D eigenvalue weighted by molar-refractivity contribution is -0.135. The topological polar surface area (TPSA) is 126 Å². The van der Waals surface area contributed by atoms with Crippen molar-refractivity contribution in [3.05, 3.63) is 41.7 Å². The summed E-state index contributed by atoms with van der Waals surface area (Å²) in [4.78, 5) is 31.6. The molecule has 0 unspecified atom stereocenters. The summed E-state index contributed by atoms with van der Waals surface area (Å²) in [5.41, 5.74) is 1.44. The standard InChI is InChI=1S/C19H19N3O5/c1-2-3-9-12-14-17(27-19(22-14)11-7-5-4-6-8-11)16(25)15(21-12)18(26)20-10-13(23)24/h4-8,25H,2-3,9-10H2,1H3,(H,20,26)(H,23,24). The fraction of sp³-hybridized carbons (Fsp3) is 0.263. The molecular weight excluding hydrogens is 350 g/mol. The molecule has 27 heavy (non-hydrogen) atoms. The molecular formula is C19H19N3O5. The zero-order valence-corrected chi connectivity index (χ0v) is 14.7. The molecule has 3 N–H and O–H groups in total. The second-order valence-electron chi connectivity index (χ2n) is 6.00. The van der Waals surface area contributed by atoms with E-state index in [2.05, 4.69) is 15.3 Å². The number of pyridine rings is 1. The van der Waals surface area contributed by atoms with E-state index in [9.17, 15) is 14.7 Å². The van der Waals surface area contributed by atoms with E-state index in [1.807, 2.05) is 37.3 Å². The van der Waals surface area contributed by atoms with Gasteiger partial charge in [0, 0.05) is 5.56 Å². The predicted octanol–water partition coefficient (Wildman–Crippen LogP) is 2.75. The number of nitrogens with zero attached hydrogens (tertiary/aromatic N) is 2. The number of aromatic hydroxyl groups is 1. The zero-order chi connectivity index (χ0) is 19.4. The number of carbonyl (C=O) groups is 2. The number of amides is 1. The molecule has 0 spiro atoms. The minimum Gasteiger partial charge on any atom is -0.503 e. The quantitative estimate of drug-likeness (QED) is 0.584. The van der Waals surface area contributed by atoms with Crippen molar-refractivity contribution < 1.29 is 24.2 Å². The van der Waals surface area contributed by atoms with Crippen molar-refractivity contribution in [3.8, 4) is 17.2 Å². The fourth-order valence-corrected chi connectivity index (χ4v) is 2.65. The van der Waals surface area contributed by atoms with Gasteiger partial charge in [0.1, 0.15) is 12.1 Å². The molecule has 1 aromatic carbocycles. The Hall–Kier alpha value is -3.42. The Labute approximate surface area is 154 Å². The Kier molecular flexibility index (Phi) is 5.35. The molecule has 3 rings (SSSR count). The SMILES string of the molecule is CCCCc1nc(C(=O)NCC(=O)O)c(O)c2oc(-c3ccccc3)nc12. The van der Waals surface area contributed by atoms with Crippen LogP contribution in [0.4, 0.5) is 0 Å². The van der Waals surface area contributed by atoms with Gasteiger partial charge in [-0.05, 0) is 25.0 Å². The number of carboxylic acids is 1. The fourth-order valence-electron chi connectivity index (χ4n) is 2.65. The first-order valence-corrected chi connectivity index (χ1v) is 8.59. The molecule has 3 aromatic rings. The van der Waals surface area contributed by atoms with Crippen LogP contribution in [0.2, 0.25) is 0 Å². The number of hydrogen-bond donors (Lipinski definition) is 3. The molecule has 0 aliphatic heterocycles. The van der Waals surface area contributed by atoms with Crippen LogP contribution in [-0.4, -0.2) is 38.6 Å². The number of aryl methyl sites for hydroxylation is 1. The highest BCUT2D eigenvalue weighted by Crippen LogP contribution is 2.34. The third kappa shape index (κ3) is 3.89. The molecule has 0 fully saturated rings. The van der Waals surface area contributed by atoms with Crippen LogP contribution in [-0.2, 0) is 11.2 Å². The van der Waals surface area contributed by atoms with Crippen LogP contribution in [0.3, 0.4) is 0 Å². The van der Waals surface area contributed by atoms with E-state index < -0.39 is 24.2 Å². The van der Waals surface area contributed by atoms with Crippen molar-refractivity contribution >= 4 is 23.0 Å². The Morgan fingerprint density at radius 3 is 2.59 bits per heavy atom. The van der Waals surface area contributed by atoms with Gasteiger partial charge in [0.15, 0.2) is 11.4 Å². The van der Waals surface area contributed by atoms with E-state index in [0.29, 0.717) is 23.5 Å². The van der Waals surface area contributed by atoms with Crippen molar-refractivity contribution in [1.82, 2.24) is 15.3 Å². The molecule has 0 saturated carbocycles. The molecule has 2 aromatic heterocycles. The van der Waals surface area contributed by atoms with Gasteiger partial charge < -0.3 is 19.9 Å². The van der Waals surface area contributed by atoms with Crippen LogP contribution in [0.1, 0.15) is 35.9 Å². The lowest BCUT2D eigenvalue weighted by atomic mass is 10.1. The van der Waals surface area contributed by atoms with E-state index in [1.54, 1.807) is 0 Å². The van der Waals surface area contributed by atoms with Crippen molar-refractivity contribution in [1.29, 1.82) is 0 Å². The highest BCUT2D eigenvalue weighted by atomic mass is 16.4. The number of aliphatic carboxylic acids is 1. The Morgan fingerprint density at radius 1 is 1.19 bits per heavy atom. The molecule has 0 aliphatic rings. The number of hydrogen-bond acceptors (Lipinski definition) is 6. The zero-order valence-electron chi connectivity index (χ0n) is 14.7. The largest absolute Gasteiger partial charge is 0.503 e.